The summed E-state index contributed by atoms with van der Waals surface area (Å²) in [6.45, 7) is 5.69. The summed E-state index contributed by atoms with van der Waals surface area (Å²) in [5.74, 6) is -0.983. The van der Waals surface area contributed by atoms with E-state index in [1.54, 1.807) is 0 Å². The highest BCUT2D eigenvalue weighted by atomic mass is 16.6. The van der Waals surface area contributed by atoms with Crippen molar-refractivity contribution in [2.75, 3.05) is 0 Å². The number of aliphatic hydroxyl groups excluding tert-OH is 1. The van der Waals surface area contributed by atoms with Crippen molar-refractivity contribution >= 4 is 12.3 Å². The molecule has 108 valence electrons. The maximum atomic E-state index is 11.7. The molecule has 0 spiro atoms. The molecule has 1 N–H and O–H groups in total. The first-order valence-electron chi connectivity index (χ1n) is 6.86. The average molecular weight is 278 g/mol. The van der Waals surface area contributed by atoms with Crippen LogP contribution in [0.15, 0.2) is 23.8 Å². The van der Waals surface area contributed by atoms with E-state index < -0.39 is 24.1 Å². The van der Waals surface area contributed by atoms with Crippen LogP contribution in [-0.2, 0) is 19.1 Å². The lowest BCUT2D eigenvalue weighted by Crippen LogP contribution is -2.36. The number of carbonyl (C=O) groups excluding carboxylic acids is 2. The monoisotopic (exact) mass is 278 g/mol. The van der Waals surface area contributed by atoms with E-state index in [-0.39, 0.29) is 23.7 Å². The van der Waals surface area contributed by atoms with Gasteiger partial charge in [0.05, 0.1) is 17.6 Å². The molecule has 0 aromatic rings. The molecule has 5 nitrogen and oxygen atoms in total. The van der Waals surface area contributed by atoms with Crippen molar-refractivity contribution in [3.8, 4) is 0 Å². The Morgan fingerprint density at radius 3 is 3.00 bits per heavy atom. The van der Waals surface area contributed by atoms with Crippen LogP contribution >= 0.6 is 0 Å². The lowest BCUT2D eigenvalue weighted by molar-refractivity contribution is -0.140. The van der Waals surface area contributed by atoms with Gasteiger partial charge in [0, 0.05) is 12.0 Å². The third kappa shape index (κ3) is 2.01. The Bertz CT molecular complexity index is 508. The van der Waals surface area contributed by atoms with Crippen LogP contribution in [0.3, 0.4) is 0 Å². The van der Waals surface area contributed by atoms with Crippen LogP contribution < -0.4 is 0 Å². The third-order valence-electron chi connectivity index (χ3n) is 4.56. The Kier molecular flexibility index (Phi) is 3.06. The van der Waals surface area contributed by atoms with Gasteiger partial charge in [-0.1, -0.05) is 12.7 Å². The first kappa shape index (κ1) is 13.5. The van der Waals surface area contributed by atoms with Gasteiger partial charge in [-0.3, -0.25) is 4.79 Å². The van der Waals surface area contributed by atoms with Gasteiger partial charge in [0.2, 0.25) is 0 Å². The molecule has 0 aromatic heterocycles. The topological polar surface area (TPSA) is 76.1 Å². The summed E-state index contributed by atoms with van der Waals surface area (Å²) in [5, 5.41) is 10.4. The van der Waals surface area contributed by atoms with Gasteiger partial charge in [0.25, 0.3) is 0 Å². The second-order valence-corrected chi connectivity index (χ2v) is 5.98. The van der Waals surface area contributed by atoms with Gasteiger partial charge >= 0.3 is 5.97 Å². The summed E-state index contributed by atoms with van der Waals surface area (Å²) >= 11 is 0. The summed E-state index contributed by atoms with van der Waals surface area (Å²) in [6.07, 6.45) is 2.72. The fraction of sp³-hybridized carbons (Fsp3) is 0.600. The number of ether oxygens (including phenoxy) is 2. The molecule has 2 aliphatic heterocycles. The number of fused-ring (bicyclic) bond motifs is 3. The van der Waals surface area contributed by atoms with Gasteiger partial charge in [-0.25, -0.2) is 4.79 Å². The number of hydrogen-bond acceptors (Lipinski definition) is 5. The predicted octanol–water partition coefficient (Wildman–Crippen LogP) is 0.912. The molecule has 0 radical (unpaired) electrons. The van der Waals surface area contributed by atoms with Crippen LogP contribution in [0.25, 0.3) is 0 Å². The molecule has 2 heterocycles. The van der Waals surface area contributed by atoms with Crippen LogP contribution in [0.4, 0.5) is 0 Å². The quantitative estimate of drug-likeness (QED) is 0.334. The van der Waals surface area contributed by atoms with E-state index in [1.807, 2.05) is 13.0 Å². The Hall–Kier alpha value is -1.46. The van der Waals surface area contributed by atoms with Crippen molar-refractivity contribution in [2.45, 2.75) is 50.1 Å². The van der Waals surface area contributed by atoms with E-state index >= 15 is 0 Å². The van der Waals surface area contributed by atoms with Gasteiger partial charge in [-0.2, -0.15) is 0 Å². The van der Waals surface area contributed by atoms with E-state index in [1.165, 1.54) is 0 Å². The van der Waals surface area contributed by atoms with E-state index in [0.29, 0.717) is 12.0 Å². The van der Waals surface area contributed by atoms with Crippen LogP contribution in [0, 0.1) is 5.92 Å². The summed E-state index contributed by atoms with van der Waals surface area (Å²) in [4.78, 5) is 22.8. The van der Waals surface area contributed by atoms with Crippen molar-refractivity contribution in [1.82, 2.24) is 0 Å². The van der Waals surface area contributed by atoms with Gasteiger partial charge < -0.3 is 14.6 Å². The molecule has 20 heavy (non-hydrogen) atoms. The van der Waals surface area contributed by atoms with Crippen LogP contribution in [0.1, 0.15) is 26.2 Å². The summed E-state index contributed by atoms with van der Waals surface area (Å²) in [5.41, 5.74) is 0.465. The van der Waals surface area contributed by atoms with E-state index in [0.717, 1.165) is 12.7 Å². The Labute approximate surface area is 117 Å². The molecule has 1 aliphatic carbocycles. The highest BCUT2D eigenvalue weighted by Crippen LogP contribution is 2.49. The Morgan fingerprint density at radius 2 is 2.30 bits per heavy atom. The second kappa shape index (κ2) is 4.53. The fourth-order valence-corrected chi connectivity index (χ4v) is 3.27. The summed E-state index contributed by atoms with van der Waals surface area (Å²) < 4.78 is 11.1. The molecule has 5 unspecified atom stereocenters. The number of carbonyl (C=O) groups is 2. The number of rotatable bonds is 1. The van der Waals surface area contributed by atoms with Crippen molar-refractivity contribution in [3.05, 3.63) is 23.8 Å². The number of aldehydes is 1. The first-order valence-corrected chi connectivity index (χ1v) is 6.86. The van der Waals surface area contributed by atoms with E-state index in [9.17, 15) is 14.7 Å². The molecule has 2 saturated heterocycles. The summed E-state index contributed by atoms with van der Waals surface area (Å²) in [6, 6.07) is 0. The molecule has 3 aliphatic rings. The van der Waals surface area contributed by atoms with Crippen LogP contribution in [0.5, 0.6) is 0 Å². The maximum Gasteiger partial charge on any atom is 0.334 e. The minimum atomic E-state index is -0.859. The van der Waals surface area contributed by atoms with Gasteiger partial charge in [-0.15, -0.1) is 0 Å². The molecule has 3 rings (SSSR count). The summed E-state index contributed by atoms with van der Waals surface area (Å²) in [7, 11) is 0. The number of epoxide rings is 1. The minimum absolute atomic E-state index is 0.198. The zero-order valence-corrected chi connectivity index (χ0v) is 11.4. The maximum absolute atomic E-state index is 11.7. The van der Waals surface area contributed by atoms with Crippen molar-refractivity contribution in [2.24, 2.45) is 5.92 Å². The average Bonchev–Trinajstić information content (AvgIpc) is 2.98. The van der Waals surface area contributed by atoms with Crippen LogP contribution in [-0.4, -0.2) is 41.3 Å². The number of allylic oxidation sites excluding steroid dienone is 1. The van der Waals surface area contributed by atoms with Crippen molar-refractivity contribution < 1.29 is 24.2 Å². The standard InChI is InChI=1S/C15H18O5/c1-8-11-10(17)6-9(7-16)4-3-5-15(2)13(20-15)12(11)19-14(8)18/h4,7,10-13,17H,1,3,5-6H2,2H3. The van der Waals surface area contributed by atoms with Crippen molar-refractivity contribution in [3.63, 3.8) is 0 Å². The normalized spacial score (nSPS) is 44.0. The zero-order valence-electron chi connectivity index (χ0n) is 11.4. The van der Waals surface area contributed by atoms with Crippen molar-refractivity contribution in [1.29, 1.82) is 0 Å². The van der Waals surface area contributed by atoms with E-state index in [4.69, 9.17) is 9.47 Å². The largest absolute Gasteiger partial charge is 0.455 e. The SMILES string of the molecule is C=C1C(=O)OC2C1C(O)CC(C=O)=CCCC1(C)OC21. The number of hydrogen-bond donors (Lipinski definition) is 1. The molecular formula is C15H18O5. The fourth-order valence-electron chi connectivity index (χ4n) is 3.27. The Morgan fingerprint density at radius 1 is 1.55 bits per heavy atom. The second-order valence-electron chi connectivity index (χ2n) is 5.98. The molecular weight excluding hydrogens is 260 g/mol. The molecule has 5 atom stereocenters. The number of aliphatic hydroxyl groups is 1. The number of esters is 1. The third-order valence-corrected chi connectivity index (χ3v) is 4.56. The molecule has 2 fully saturated rings. The molecule has 0 amide bonds. The minimum Gasteiger partial charge on any atom is -0.455 e. The lowest BCUT2D eigenvalue weighted by atomic mass is 9.82. The van der Waals surface area contributed by atoms with Gasteiger partial charge in [-0.05, 0) is 25.3 Å². The van der Waals surface area contributed by atoms with E-state index in [2.05, 4.69) is 6.58 Å². The van der Waals surface area contributed by atoms with Gasteiger partial charge in [0.15, 0.2) is 0 Å². The smallest absolute Gasteiger partial charge is 0.334 e. The highest BCUT2D eigenvalue weighted by Gasteiger charge is 2.62. The molecule has 5 heteroatoms. The highest BCUT2D eigenvalue weighted by molar-refractivity contribution is 5.91. The molecule has 0 aromatic carbocycles. The Balaban J connectivity index is 1.94. The van der Waals surface area contributed by atoms with Crippen LogP contribution in [0.2, 0.25) is 0 Å². The molecule has 0 saturated carbocycles. The molecule has 0 bridgehead atoms. The van der Waals surface area contributed by atoms with Gasteiger partial charge in [0.1, 0.15) is 18.5 Å². The first-order chi connectivity index (χ1) is 9.46. The zero-order chi connectivity index (χ0) is 14.5. The lowest BCUT2D eigenvalue weighted by Gasteiger charge is -2.23. The predicted molar refractivity (Wildman–Crippen MR) is 69.8 cm³/mol.